The third-order valence-electron chi connectivity index (χ3n) is 2.37. The summed E-state index contributed by atoms with van der Waals surface area (Å²) in [6, 6.07) is 1.84. The second kappa shape index (κ2) is 5.83. The molecule has 0 bridgehead atoms. The normalized spacial score (nSPS) is 12.1. The topological polar surface area (TPSA) is 83.6 Å². The zero-order chi connectivity index (χ0) is 13.9. The molecule has 0 fully saturated rings. The molecule has 3 N–H and O–H groups in total. The van der Waals surface area contributed by atoms with Gasteiger partial charge in [-0.2, -0.15) is 4.31 Å². The van der Waals surface area contributed by atoms with E-state index < -0.39 is 15.8 Å². The number of sulfonamides is 1. The summed E-state index contributed by atoms with van der Waals surface area (Å²) in [5, 5.41) is 8.58. The van der Waals surface area contributed by atoms with Crippen molar-refractivity contribution < 1.29 is 17.9 Å². The van der Waals surface area contributed by atoms with Crippen LogP contribution < -0.4 is 5.73 Å². The Hall–Kier alpha value is -0.890. The van der Waals surface area contributed by atoms with E-state index in [4.69, 9.17) is 22.4 Å². The van der Waals surface area contributed by atoms with Gasteiger partial charge in [0.1, 0.15) is 10.7 Å². The largest absolute Gasteiger partial charge is 0.396 e. The number of aliphatic hydroxyl groups is 1. The highest BCUT2D eigenvalue weighted by atomic mass is 35.5. The van der Waals surface area contributed by atoms with Crippen molar-refractivity contribution in [2.24, 2.45) is 0 Å². The molecule has 0 aliphatic rings. The molecule has 8 heteroatoms. The molecule has 0 unspecified atom stereocenters. The third-order valence-corrected chi connectivity index (χ3v) is 4.81. The van der Waals surface area contributed by atoms with E-state index in [0.29, 0.717) is 0 Å². The Morgan fingerprint density at radius 3 is 2.61 bits per heavy atom. The van der Waals surface area contributed by atoms with Gasteiger partial charge in [-0.15, -0.1) is 0 Å². The molecule has 1 rings (SSSR count). The average Bonchev–Trinajstić information content (AvgIpc) is 2.30. The zero-order valence-electron chi connectivity index (χ0n) is 9.73. The van der Waals surface area contributed by atoms with E-state index in [1.165, 1.54) is 0 Å². The fraction of sp³-hybridized carbons (Fsp3) is 0.400. The van der Waals surface area contributed by atoms with Crippen molar-refractivity contribution in [1.29, 1.82) is 0 Å². The van der Waals surface area contributed by atoms with Gasteiger partial charge in [0.15, 0.2) is 0 Å². The maximum absolute atomic E-state index is 13.1. The molecule has 0 heterocycles. The molecule has 1 aromatic carbocycles. The fourth-order valence-electron chi connectivity index (χ4n) is 1.44. The van der Waals surface area contributed by atoms with E-state index in [1.807, 2.05) is 0 Å². The van der Waals surface area contributed by atoms with Gasteiger partial charge in [-0.25, -0.2) is 12.8 Å². The third kappa shape index (κ3) is 2.92. The van der Waals surface area contributed by atoms with E-state index in [1.54, 1.807) is 6.92 Å². The van der Waals surface area contributed by atoms with Crippen molar-refractivity contribution in [2.75, 3.05) is 25.4 Å². The predicted octanol–water partition coefficient (Wildman–Crippen LogP) is 1.06. The van der Waals surface area contributed by atoms with Gasteiger partial charge in [0, 0.05) is 13.1 Å². The summed E-state index contributed by atoms with van der Waals surface area (Å²) >= 11 is 5.72. The maximum atomic E-state index is 13.1. The average molecular weight is 297 g/mol. The first-order valence-corrected chi connectivity index (χ1v) is 7.02. The van der Waals surface area contributed by atoms with Crippen LogP contribution in [0.15, 0.2) is 17.0 Å². The lowest BCUT2D eigenvalue weighted by atomic mass is 10.3. The first-order valence-electron chi connectivity index (χ1n) is 5.20. The molecule has 0 amide bonds. The number of nitrogens with two attached hydrogens (primary N) is 1. The number of anilines is 1. The number of likely N-dealkylation sites (N-methyl/N-ethyl adjacent to an activating group) is 1. The standard InChI is InChI=1S/C10H14ClFN2O3S/c1-2-14(3-4-15)18(16,17)10-6-9(13)8(12)5-7(10)11/h5-6,15H,2-4,13H2,1H3. The van der Waals surface area contributed by atoms with E-state index in [0.717, 1.165) is 16.4 Å². The molecular formula is C10H14ClFN2O3S. The summed E-state index contributed by atoms with van der Waals surface area (Å²) < 4.78 is 38.5. The first-order chi connectivity index (χ1) is 8.34. The summed E-state index contributed by atoms with van der Waals surface area (Å²) in [5.74, 6) is -0.774. The van der Waals surface area contributed by atoms with Crippen LogP contribution in [-0.4, -0.2) is 37.5 Å². The number of hydrogen-bond donors (Lipinski definition) is 2. The Labute approximate surface area is 110 Å². The second-order valence-corrected chi connectivity index (χ2v) is 5.84. The van der Waals surface area contributed by atoms with Gasteiger partial charge >= 0.3 is 0 Å². The minimum Gasteiger partial charge on any atom is -0.396 e. The number of rotatable bonds is 5. The van der Waals surface area contributed by atoms with Gasteiger partial charge in [0.2, 0.25) is 10.0 Å². The van der Waals surface area contributed by atoms with Crippen LogP contribution in [0.2, 0.25) is 5.02 Å². The van der Waals surface area contributed by atoms with E-state index in [2.05, 4.69) is 0 Å². The molecular weight excluding hydrogens is 283 g/mol. The number of hydrogen-bond acceptors (Lipinski definition) is 4. The Kier molecular flexibility index (Phi) is 4.92. The van der Waals surface area contributed by atoms with Crippen molar-refractivity contribution in [3.63, 3.8) is 0 Å². The lowest BCUT2D eigenvalue weighted by molar-refractivity contribution is 0.257. The number of aliphatic hydroxyl groups excluding tert-OH is 1. The smallest absolute Gasteiger partial charge is 0.244 e. The Bertz CT molecular complexity index is 536. The number of nitrogens with zero attached hydrogens (tertiary/aromatic N) is 1. The van der Waals surface area contributed by atoms with Crippen molar-refractivity contribution in [3.05, 3.63) is 23.0 Å². The molecule has 0 spiro atoms. The van der Waals surface area contributed by atoms with Crippen LogP contribution in [0.5, 0.6) is 0 Å². The van der Waals surface area contributed by atoms with Crippen LogP contribution in [0, 0.1) is 5.82 Å². The van der Waals surface area contributed by atoms with Gasteiger partial charge < -0.3 is 10.8 Å². The van der Waals surface area contributed by atoms with E-state index in [-0.39, 0.29) is 35.3 Å². The summed E-state index contributed by atoms with van der Waals surface area (Å²) in [7, 11) is -3.89. The van der Waals surface area contributed by atoms with Crippen LogP contribution in [0.25, 0.3) is 0 Å². The second-order valence-electron chi connectivity index (χ2n) is 3.52. The van der Waals surface area contributed by atoms with Gasteiger partial charge in [-0.1, -0.05) is 18.5 Å². The lowest BCUT2D eigenvalue weighted by Gasteiger charge is -2.20. The minimum atomic E-state index is -3.89. The van der Waals surface area contributed by atoms with Crippen LogP contribution in [0.4, 0.5) is 10.1 Å². The van der Waals surface area contributed by atoms with Gasteiger partial charge in [0.25, 0.3) is 0 Å². The van der Waals surface area contributed by atoms with Crippen LogP contribution in [0.1, 0.15) is 6.92 Å². The Morgan fingerprint density at radius 1 is 1.50 bits per heavy atom. The lowest BCUT2D eigenvalue weighted by Crippen LogP contribution is -2.33. The number of nitrogen functional groups attached to an aromatic ring is 1. The van der Waals surface area contributed by atoms with Gasteiger partial charge in [0.05, 0.1) is 17.3 Å². The summed E-state index contributed by atoms with van der Waals surface area (Å²) in [5.41, 5.74) is 5.04. The molecule has 0 saturated heterocycles. The summed E-state index contributed by atoms with van der Waals surface area (Å²) in [6.45, 7) is 1.40. The van der Waals surface area contributed by atoms with E-state index in [9.17, 15) is 12.8 Å². The zero-order valence-corrected chi connectivity index (χ0v) is 11.3. The van der Waals surface area contributed by atoms with Crippen LogP contribution >= 0.6 is 11.6 Å². The highest BCUT2D eigenvalue weighted by Gasteiger charge is 2.26. The van der Waals surface area contributed by atoms with Gasteiger partial charge in [-0.05, 0) is 12.1 Å². The summed E-state index contributed by atoms with van der Waals surface area (Å²) in [6.07, 6.45) is 0. The highest BCUT2D eigenvalue weighted by molar-refractivity contribution is 7.89. The highest BCUT2D eigenvalue weighted by Crippen LogP contribution is 2.28. The fourth-order valence-corrected chi connectivity index (χ4v) is 3.41. The SMILES string of the molecule is CCN(CCO)S(=O)(=O)c1cc(N)c(F)cc1Cl. The summed E-state index contributed by atoms with van der Waals surface area (Å²) in [4.78, 5) is -0.265. The van der Waals surface area contributed by atoms with Crippen molar-refractivity contribution in [2.45, 2.75) is 11.8 Å². The Morgan fingerprint density at radius 2 is 2.11 bits per heavy atom. The molecule has 0 atom stereocenters. The first kappa shape index (κ1) is 15.2. The molecule has 0 aliphatic heterocycles. The molecule has 0 radical (unpaired) electrons. The van der Waals surface area contributed by atoms with Crippen molar-refractivity contribution in [3.8, 4) is 0 Å². The minimum absolute atomic E-state index is 0.0631. The van der Waals surface area contributed by atoms with Crippen LogP contribution in [-0.2, 0) is 10.0 Å². The molecule has 102 valence electrons. The molecule has 0 aliphatic carbocycles. The van der Waals surface area contributed by atoms with Crippen molar-refractivity contribution >= 4 is 27.3 Å². The number of halogens is 2. The van der Waals surface area contributed by atoms with Gasteiger partial charge in [-0.3, -0.25) is 0 Å². The molecule has 0 aromatic heterocycles. The van der Waals surface area contributed by atoms with E-state index >= 15 is 0 Å². The monoisotopic (exact) mass is 296 g/mol. The molecule has 5 nitrogen and oxygen atoms in total. The molecule has 1 aromatic rings. The van der Waals surface area contributed by atoms with Crippen LogP contribution in [0.3, 0.4) is 0 Å². The predicted molar refractivity (Wildman–Crippen MR) is 67.3 cm³/mol. The Balaban J connectivity index is 3.32. The number of benzene rings is 1. The maximum Gasteiger partial charge on any atom is 0.244 e. The van der Waals surface area contributed by atoms with Crippen molar-refractivity contribution in [1.82, 2.24) is 4.31 Å². The molecule has 0 saturated carbocycles. The quantitative estimate of drug-likeness (QED) is 0.796. The molecule has 18 heavy (non-hydrogen) atoms.